The summed E-state index contributed by atoms with van der Waals surface area (Å²) in [6.07, 6.45) is 3.66. The first-order valence-electron chi connectivity index (χ1n) is 11.8. The van der Waals surface area contributed by atoms with Crippen molar-refractivity contribution in [2.45, 2.75) is 72.1 Å². The van der Waals surface area contributed by atoms with Gasteiger partial charge in [-0.15, -0.1) is 0 Å². The molecule has 0 saturated heterocycles. The van der Waals surface area contributed by atoms with Gasteiger partial charge in [0.15, 0.2) is 0 Å². The van der Waals surface area contributed by atoms with Crippen LogP contribution >= 0.6 is 15.6 Å². The number of amides is 2. The highest BCUT2D eigenvalue weighted by atomic mass is 31.2. The van der Waals surface area contributed by atoms with Crippen molar-refractivity contribution in [2.75, 3.05) is 39.5 Å². The van der Waals surface area contributed by atoms with Gasteiger partial charge in [0.2, 0.25) is 11.8 Å². The first-order chi connectivity index (χ1) is 16.0. The molecule has 2 amide bonds. The first-order valence-corrected chi connectivity index (χ1v) is 14.8. The van der Waals surface area contributed by atoms with Crippen LogP contribution in [0.1, 0.15) is 72.1 Å². The number of rotatable bonds is 22. The maximum Gasteiger partial charge on any atom is 0.472 e. The molecule has 4 N–H and O–H groups in total. The van der Waals surface area contributed by atoms with Gasteiger partial charge in [0.25, 0.3) is 0 Å². The van der Waals surface area contributed by atoms with Gasteiger partial charge in [-0.05, 0) is 44.4 Å². The topological polar surface area (TPSA) is 170 Å². The minimum Gasteiger partial charge on any atom is -0.356 e. The highest BCUT2D eigenvalue weighted by molar-refractivity contribution is 7.47. The lowest BCUT2D eigenvalue weighted by Crippen LogP contribution is -2.35. The van der Waals surface area contributed by atoms with Gasteiger partial charge in [-0.1, -0.05) is 20.8 Å². The van der Waals surface area contributed by atoms with Crippen LogP contribution in [0.25, 0.3) is 0 Å². The molecule has 14 heteroatoms. The standard InChI is InChI=1S/C20H42N2O10P2/c1-4-12-29-33(25,26)31-14-8-6-10-19(23)21-16-18(3)17-22-20(24)11-7-9-15-32-34(27,28)30-13-5-2/h18H,4-17H2,1-3H3,(H,21,23)(H,22,24)(H,25,26)(H,27,28). The molecule has 0 aliphatic carbocycles. The molecule has 0 aliphatic rings. The predicted octanol–water partition coefficient (Wildman–Crippen LogP) is 3.28. The number of carbonyl (C=O) groups excluding carboxylic acids is 2. The fourth-order valence-corrected chi connectivity index (χ4v) is 4.14. The van der Waals surface area contributed by atoms with Crippen molar-refractivity contribution >= 4 is 27.5 Å². The second-order valence-electron chi connectivity index (χ2n) is 7.90. The Morgan fingerprint density at radius 2 is 1.06 bits per heavy atom. The van der Waals surface area contributed by atoms with E-state index >= 15 is 0 Å². The molecular weight excluding hydrogens is 490 g/mol. The molecule has 0 spiro atoms. The minimum atomic E-state index is -4.00. The molecule has 202 valence electrons. The number of hydrogen-bond acceptors (Lipinski definition) is 8. The Kier molecular flexibility index (Phi) is 18.9. The van der Waals surface area contributed by atoms with E-state index in [-0.39, 0.29) is 57.0 Å². The number of hydrogen-bond donors (Lipinski definition) is 4. The quantitative estimate of drug-likeness (QED) is 0.120. The monoisotopic (exact) mass is 532 g/mol. The highest BCUT2D eigenvalue weighted by Crippen LogP contribution is 2.43. The summed E-state index contributed by atoms with van der Waals surface area (Å²) < 4.78 is 42.0. The Morgan fingerprint density at radius 3 is 1.41 bits per heavy atom. The van der Waals surface area contributed by atoms with Crippen LogP contribution in [0.15, 0.2) is 0 Å². The molecule has 0 aromatic rings. The fraction of sp³-hybridized carbons (Fsp3) is 0.900. The molecular formula is C20H42N2O10P2. The Labute approximate surface area is 202 Å². The zero-order chi connectivity index (χ0) is 25.9. The van der Waals surface area contributed by atoms with Gasteiger partial charge >= 0.3 is 15.6 Å². The summed E-state index contributed by atoms with van der Waals surface area (Å²) in [4.78, 5) is 42.6. The van der Waals surface area contributed by atoms with Crippen LogP contribution in [-0.4, -0.2) is 61.1 Å². The van der Waals surface area contributed by atoms with Gasteiger partial charge in [-0.2, -0.15) is 0 Å². The van der Waals surface area contributed by atoms with Crippen molar-refractivity contribution in [3.63, 3.8) is 0 Å². The number of carbonyl (C=O) groups is 2. The van der Waals surface area contributed by atoms with E-state index in [2.05, 4.69) is 10.6 Å². The molecule has 12 nitrogen and oxygen atoms in total. The zero-order valence-corrected chi connectivity index (χ0v) is 22.3. The van der Waals surface area contributed by atoms with Crippen molar-refractivity contribution in [3.8, 4) is 0 Å². The van der Waals surface area contributed by atoms with Crippen molar-refractivity contribution in [1.82, 2.24) is 10.6 Å². The lowest BCUT2D eigenvalue weighted by molar-refractivity contribution is -0.121. The normalized spacial score (nSPS) is 15.8. The second kappa shape index (κ2) is 19.4. The van der Waals surface area contributed by atoms with Crippen molar-refractivity contribution < 1.29 is 46.6 Å². The van der Waals surface area contributed by atoms with E-state index in [1.807, 2.05) is 20.8 Å². The molecule has 0 aromatic carbocycles. The maximum absolute atomic E-state index is 11.9. The summed E-state index contributed by atoms with van der Waals surface area (Å²) in [5, 5.41) is 5.58. The molecule has 0 saturated carbocycles. The van der Waals surface area contributed by atoms with Gasteiger partial charge in [0.1, 0.15) is 0 Å². The Hall–Kier alpha value is -0.840. The van der Waals surface area contributed by atoms with E-state index in [0.717, 1.165) is 0 Å². The number of phosphoric acid groups is 2. The molecule has 34 heavy (non-hydrogen) atoms. The van der Waals surface area contributed by atoms with E-state index in [4.69, 9.17) is 18.1 Å². The minimum absolute atomic E-state index is 0.0330. The van der Waals surface area contributed by atoms with Gasteiger partial charge in [-0.3, -0.25) is 27.7 Å². The first kappa shape index (κ1) is 33.2. The molecule has 2 atom stereocenters. The van der Waals surface area contributed by atoms with E-state index in [1.54, 1.807) is 0 Å². The average Bonchev–Trinajstić information content (AvgIpc) is 2.78. The van der Waals surface area contributed by atoms with Crippen molar-refractivity contribution in [1.29, 1.82) is 0 Å². The average molecular weight is 533 g/mol. The zero-order valence-electron chi connectivity index (χ0n) is 20.5. The van der Waals surface area contributed by atoms with E-state index in [9.17, 15) is 28.5 Å². The summed E-state index contributed by atoms with van der Waals surface area (Å²) in [5.74, 6) is -0.250. The number of nitrogens with one attached hydrogen (secondary N) is 2. The van der Waals surface area contributed by atoms with Gasteiger partial charge < -0.3 is 20.4 Å². The summed E-state index contributed by atoms with van der Waals surface area (Å²) in [6, 6.07) is 0. The Bertz CT molecular complexity index is 611. The molecule has 0 aromatic heterocycles. The summed E-state index contributed by atoms with van der Waals surface area (Å²) in [6.45, 7) is 6.70. The van der Waals surface area contributed by atoms with Crippen LogP contribution in [0, 0.1) is 5.92 Å². The van der Waals surface area contributed by atoms with Crippen LogP contribution in [-0.2, 0) is 36.8 Å². The van der Waals surface area contributed by atoms with Crippen molar-refractivity contribution in [3.05, 3.63) is 0 Å². The number of phosphoric ester groups is 2. The van der Waals surface area contributed by atoms with E-state index in [1.165, 1.54) is 0 Å². The van der Waals surface area contributed by atoms with Crippen LogP contribution < -0.4 is 10.6 Å². The van der Waals surface area contributed by atoms with Crippen molar-refractivity contribution in [2.24, 2.45) is 5.92 Å². The van der Waals surface area contributed by atoms with Crippen LogP contribution in [0.2, 0.25) is 0 Å². The molecule has 0 fully saturated rings. The second-order valence-corrected chi connectivity index (χ2v) is 10.8. The molecule has 0 heterocycles. The Balaban J connectivity index is 3.75. The predicted molar refractivity (Wildman–Crippen MR) is 127 cm³/mol. The van der Waals surface area contributed by atoms with E-state index in [0.29, 0.717) is 51.6 Å². The highest BCUT2D eigenvalue weighted by Gasteiger charge is 2.20. The molecule has 2 unspecified atom stereocenters. The maximum atomic E-state index is 11.9. The van der Waals surface area contributed by atoms with Crippen LogP contribution in [0.3, 0.4) is 0 Å². The lowest BCUT2D eigenvalue weighted by Gasteiger charge is -2.14. The number of unbranched alkanes of at least 4 members (excludes halogenated alkanes) is 2. The Morgan fingerprint density at radius 1 is 0.706 bits per heavy atom. The third-order valence-corrected chi connectivity index (χ3v) is 6.35. The molecule has 0 bridgehead atoms. The fourth-order valence-electron chi connectivity index (χ4n) is 2.45. The van der Waals surface area contributed by atoms with Gasteiger partial charge in [-0.25, -0.2) is 9.13 Å². The molecule has 0 radical (unpaired) electrons. The smallest absolute Gasteiger partial charge is 0.356 e. The summed E-state index contributed by atoms with van der Waals surface area (Å²) >= 11 is 0. The van der Waals surface area contributed by atoms with Crippen LogP contribution in [0.4, 0.5) is 0 Å². The largest absolute Gasteiger partial charge is 0.472 e. The van der Waals surface area contributed by atoms with Crippen LogP contribution in [0.5, 0.6) is 0 Å². The van der Waals surface area contributed by atoms with Gasteiger partial charge in [0, 0.05) is 25.9 Å². The molecule has 0 aliphatic heterocycles. The van der Waals surface area contributed by atoms with Gasteiger partial charge in [0.05, 0.1) is 26.4 Å². The molecule has 0 rings (SSSR count). The SMILES string of the molecule is CCCOP(=O)(O)OCCCCC(=O)NCC(C)CNC(=O)CCCCOP(=O)(O)OCCC. The third-order valence-electron chi connectivity index (χ3n) is 4.32. The lowest BCUT2D eigenvalue weighted by atomic mass is 10.1. The summed E-state index contributed by atoms with van der Waals surface area (Å²) in [7, 11) is -8.01. The third kappa shape index (κ3) is 20.5. The van der Waals surface area contributed by atoms with E-state index < -0.39 is 15.6 Å². The summed E-state index contributed by atoms with van der Waals surface area (Å²) in [5.41, 5.74) is 0.